The lowest BCUT2D eigenvalue weighted by Crippen LogP contribution is -2.27. The van der Waals surface area contributed by atoms with Crippen LogP contribution in [0.4, 0.5) is 5.69 Å². The summed E-state index contributed by atoms with van der Waals surface area (Å²) in [5, 5.41) is 11.6. The average Bonchev–Trinajstić information content (AvgIpc) is 3.22. The third kappa shape index (κ3) is 2.82. The summed E-state index contributed by atoms with van der Waals surface area (Å²) in [5.41, 5.74) is 2.20. The minimum atomic E-state index is 0.417. The van der Waals surface area contributed by atoms with Crippen molar-refractivity contribution in [1.82, 2.24) is 14.8 Å². The van der Waals surface area contributed by atoms with Crippen LogP contribution in [0.5, 0.6) is 0 Å². The number of hydrogen-bond donors (Lipinski definition) is 1. The molecule has 5 nitrogen and oxygen atoms in total. The summed E-state index contributed by atoms with van der Waals surface area (Å²) in [4.78, 5) is 0. The van der Waals surface area contributed by atoms with Gasteiger partial charge in [0.05, 0.1) is 12.6 Å². The van der Waals surface area contributed by atoms with E-state index >= 15 is 0 Å². The van der Waals surface area contributed by atoms with Gasteiger partial charge in [-0.1, -0.05) is 0 Å². The first-order valence-electron chi connectivity index (χ1n) is 6.98. The molecule has 1 N–H and O–H groups in total. The van der Waals surface area contributed by atoms with Gasteiger partial charge in [-0.3, -0.25) is 0 Å². The van der Waals surface area contributed by atoms with Gasteiger partial charge in [0.15, 0.2) is 5.82 Å². The van der Waals surface area contributed by atoms with Crippen LogP contribution in [0.3, 0.4) is 0 Å². The van der Waals surface area contributed by atoms with Gasteiger partial charge in [0.25, 0.3) is 0 Å². The Balaban J connectivity index is 1.71. The number of aryl methyl sites for hydroxylation is 1. The molecule has 1 unspecified atom stereocenters. The van der Waals surface area contributed by atoms with E-state index < -0.39 is 0 Å². The Morgan fingerprint density at radius 3 is 2.65 bits per heavy atom. The van der Waals surface area contributed by atoms with E-state index in [1.54, 1.807) is 13.4 Å². The number of aromatic nitrogens is 3. The normalized spacial score (nSPS) is 16.1. The van der Waals surface area contributed by atoms with Crippen molar-refractivity contribution in [1.29, 1.82) is 0 Å². The molecule has 1 heterocycles. The summed E-state index contributed by atoms with van der Waals surface area (Å²) in [6, 6.07) is 8.75. The third-order valence-corrected chi connectivity index (χ3v) is 3.74. The largest absolute Gasteiger partial charge is 0.383 e. The van der Waals surface area contributed by atoms with Crippen molar-refractivity contribution < 1.29 is 4.74 Å². The molecule has 1 aromatic heterocycles. The Morgan fingerprint density at radius 2 is 2.10 bits per heavy atom. The van der Waals surface area contributed by atoms with E-state index in [1.807, 2.05) is 11.6 Å². The molecule has 0 radical (unpaired) electrons. The minimum absolute atomic E-state index is 0.417. The maximum atomic E-state index is 5.29. The van der Waals surface area contributed by atoms with E-state index in [0.717, 1.165) is 29.6 Å². The molecule has 1 atom stereocenters. The smallest absolute Gasteiger partial charge is 0.163 e. The van der Waals surface area contributed by atoms with Crippen LogP contribution in [0, 0.1) is 5.92 Å². The predicted molar refractivity (Wildman–Crippen MR) is 78.4 cm³/mol. The monoisotopic (exact) mass is 272 g/mol. The van der Waals surface area contributed by atoms with Crippen LogP contribution in [0.25, 0.3) is 11.4 Å². The Labute approximate surface area is 119 Å². The number of nitrogens with zero attached hydrogens (tertiary/aromatic N) is 3. The highest BCUT2D eigenvalue weighted by molar-refractivity contribution is 5.60. The van der Waals surface area contributed by atoms with Crippen LogP contribution in [0.15, 0.2) is 30.6 Å². The second-order valence-corrected chi connectivity index (χ2v) is 5.39. The number of methoxy groups -OCH3 is 1. The Morgan fingerprint density at radius 1 is 1.35 bits per heavy atom. The molecular weight excluding hydrogens is 252 g/mol. The van der Waals surface area contributed by atoms with Crippen LogP contribution < -0.4 is 5.32 Å². The molecule has 1 aromatic carbocycles. The lowest BCUT2D eigenvalue weighted by molar-refractivity contribution is 0.179. The zero-order valence-electron chi connectivity index (χ0n) is 11.9. The van der Waals surface area contributed by atoms with Gasteiger partial charge in [-0.25, -0.2) is 0 Å². The Kier molecular flexibility index (Phi) is 3.69. The van der Waals surface area contributed by atoms with Gasteiger partial charge in [0.1, 0.15) is 6.33 Å². The van der Waals surface area contributed by atoms with Gasteiger partial charge in [-0.05, 0) is 43.0 Å². The molecule has 3 rings (SSSR count). The van der Waals surface area contributed by atoms with Crippen molar-refractivity contribution in [2.24, 2.45) is 13.0 Å². The average molecular weight is 272 g/mol. The molecule has 5 heteroatoms. The highest BCUT2D eigenvalue weighted by Crippen LogP contribution is 2.34. The second kappa shape index (κ2) is 5.63. The molecule has 1 saturated carbocycles. The molecule has 1 aliphatic carbocycles. The molecule has 2 aromatic rings. The molecule has 0 spiro atoms. The standard InChI is InChI=1S/C15H20N4O/c1-19-10-16-18-15(19)12-5-7-13(8-6-12)17-14(9-20-2)11-3-4-11/h5-8,10-11,14,17H,3-4,9H2,1-2H3. The van der Waals surface area contributed by atoms with Gasteiger partial charge in [0, 0.05) is 25.4 Å². The van der Waals surface area contributed by atoms with Gasteiger partial charge >= 0.3 is 0 Å². The van der Waals surface area contributed by atoms with Crippen LogP contribution in [0.1, 0.15) is 12.8 Å². The zero-order chi connectivity index (χ0) is 13.9. The fourth-order valence-electron chi connectivity index (χ4n) is 2.45. The van der Waals surface area contributed by atoms with E-state index in [2.05, 4.69) is 39.8 Å². The summed E-state index contributed by atoms with van der Waals surface area (Å²) in [6.45, 7) is 0.760. The first-order chi connectivity index (χ1) is 9.78. The molecule has 106 valence electrons. The SMILES string of the molecule is COCC(Nc1ccc(-c2nncn2C)cc1)C1CC1. The number of anilines is 1. The molecular formula is C15H20N4O. The van der Waals surface area contributed by atoms with Gasteiger partial charge in [0.2, 0.25) is 0 Å². The maximum Gasteiger partial charge on any atom is 0.163 e. The maximum absolute atomic E-state index is 5.29. The van der Waals surface area contributed by atoms with Gasteiger partial charge in [-0.15, -0.1) is 10.2 Å². The first kappa shape index (κ1) is 13.1. The lowest BCUT2D eigenvalue weighted by Gasteiger charge is -2.18. The molecule has 1 aliphatic rings. The summed E-state index contributed by atoms with van der Waals surface area (Å²) in [6.07, 6.45) is 4.32. The number of benzene rings is 1. The first-order valence-corrected chi connectivity index (χ1v) is 6.98. The third-order valence-electron chi connectivity index (χ3n) is 3.74. The van der Waals surface area contributed by atoms with E-state index in [9.17, 15) is 0 Å². The number of ether oxygens (including phenoxy) is 1. The topological polar surface area (TPSA) is 52.0 Å². The fraction of sp³-hybridized carbons (Fsp3) is 0.467. The van der Waals surface area contributed by atoms with Crippen molar-refractivity contribution in [3.05, 3.63) is 30.6 Å². The van der Waals surface area contributed by atoms with Crippen LogP contribution in [-0.4, -0.2) is 34.5 Å². The summed E-state index contributed by atoms with van der Waals surface area (Å²) in [7, 11) is 3.71. The Bertz CT molecular complexity index is 560. The van der Waals surface area contributed by atoms with Crippen molar-refractivity contribution in [3.63, 3.8) is 0 Å². The minimum Gasteiger partial charge on any atom is -0.383 e. The highest BCUT2D eigenvalue weighted by atomic mass is 16.5. The van der Waals surface area contributed by atoms with Crippen LogP contribution in [0.2, 0.25) is 0 Å². The van der Waals surface area contributed by atoms with Gasteiger partial charge in [-0.2, -0.15) is 0 Å². The summed E-state index contributed by atoms with van der Waals surface area (Å²) in [5.74, 6) is 1.64. The number of nitrogens with one attached hydrogen (secondary N) is 1. The van der Waals surface area contributed by atoms with E-state index in [-0.39, 0.29) is 0 Å². The molecule has 20 heavy (non-hydrogen) atoms. The van der Waals surface area contributed by atoms with Crippen molar-refractivity contribution in [2.45, 2.75) is 18.9 Å². The predicted octanol–water partition coefficient (Wildman–Crippen LogP) is 2.32. The fourth-order valence-corrected chi connectivity index (χ4v) is 2.45. The van der Waals surface area contributed by atoms with Crippen molar-refractivity contribution in [2.75, 3.05) is 19.0 Å². The van der Waals surface area contributed by atoms with Gasteiger partial charge < -0.3 is 14.6 Å². The summed E-state index contributed by atoms with van der Waals surface area (Å²) < 4.78 is 7.21. The molecule has 0 saturated heterocycles. The van der Waals surface area contributed by atoms with E-state index in [0.29, 0.717) is 6.04 Å². The molecule has 1 fully saturated rings. The number of rotatable bonds is 6. The van der Waals surface area contributed by atoms with E-state index in [1.165, 1.54) is 12.8 Å². The second-order valence-electron chi connectivity index (χ2n) is 5.39. The Hall–Kier alpha value is -1.88. The molecule has 0 amide bonds. The van der Waals surface area contributed by atoms with E-state index in [4.69, 9.17) is 4.74 Å². The molecule has 0 bridgehead atoms. The van der Waals surface area contributed by atoms with Crippen LogP contribution in [-0.2, 0) is 11.8 Å². The van der Waals surface area contributed by atoms with Crippen molar-refractivity contribution >= 4 is 5.69 Å². The zero-order valence-corrected chi connectivity index (χ0v) is 11.9. The highest BCUT2D eigenvalue weighted by Gasteiger charge is 2.31. The summed E-state index contributed by atoms with van der Waals surface area (Å²) >= 11 is 0. The molecule has 0 aliphatic heterocycles. The van der Waals surface area contributed by atoms with Crippen LogP contribution >= 0.6 is 0 Å². The quantitative estimate of drug-likeness (QED) is 0.877. The number of hydrogen-bond acceptors (Lipinski definition) is 4. The van der Waals surface area contributed by atoms with Crippen molar-refractivity contribution in [3.8, 4) is 11.4 Å². The lowest BCUT2D eigenvalue weighted by atomic mass is 10.1.